The molecule has 0 amide bonds. The minimum absolute atomic E-state index is 0.0764. The van der Waals surface area contributed by atoms with Crippen molar-refractivity contribution in [3.8, 4) is 11.1 Å². The largest absolute Gasteiger partial charge is 0.387 e. The second-order valence-electron chi connectivity index (χ2n) is 8.63. The van der Waals surface area contributed by atoms with E-state index in [9.17, 15) is 19.0 Å². The maximum atomic E-state index is 13.6. The lowest BCUT2D eigenvalue weighted by atomic mass is 9.88. The summed E-state index contributed by atoms with van der Waals surface area (Å²) in [6.45, 7) is 7.45. The molecule has 3 N–H and O–H groups in total. The summed E-state index contributed by atoms with van der Waals surface area (Å²) in [5, 5.41) is 28.0. The van der Waals surface area contributed by atoms with Gasteiger partial charge in [0.2, 0.25) is 5.95 Å². The van der Waals surface area contributed by atoms with Crippen LogP contribution in [0.5, 0.6) is 0 Å². The fraction of sp³-hybridized carbons (Fsp3) is 0.409. The predicted octanol–water partition coefficient (Wildman–Crippen LogP) is 4.03. The normalized spacial score (nSPS) is 14.4. The van der Waals surface area contributed by atoms with Crippen molar-refractivity contribution in [1.29, 1.82) is 0 Å². The molecular weight excluding hydrogens is 404 g/mol. The Hall–Kier alpha value is -2.91. The molecule has 166 valence electrons. The minimum atomic E-state index is -3.06. The standard InChI is InChI=1S/C22H27F2N5O2/c1-14-8-15(16-11-26-29(12-16)13-21(4,31)20(2,3)30)10-17(9-14)27-19-25-7-6-18(28-19)22(5,23)24/h6-12,30-31H,13H2,1-5H3,(H,25,27,28)/t21-/m0/s1. The second kappa shape index (κ2) is 7.97. The van der Waals surface area contributed by atoms with Gasteiger partial charge in [-0.1, -0.05) is 6.07 Å². The number of nitrogens with one attached hydrogen (secondary N) is 1. The fourth-order valence-electron chi connectivity index (χ4n) is 2.92. The van der Waals surface area contributed by atoms with Crippen molar-refractivity contribution >= 4 is 11.6 Å². The summed E-state index contributed by atoms with van der Waals surface area (Å²) in [4.78, 5) is 7.92. The Morgan fingerprint density at radius 2 is 1.77 bits per heavy atom. The van der Waals surface area contributed by atoms with Crippen molar-refractivity contribution in [1.82, 2.24) is 19.7 Å². The van der Waals surface area contributed by atoms with Gasteiger partial charge in [0, 0.05) is 30.6 Å². The molecule has 0 saturated carbocycles. The van der Waals surface area contributed by atoms with Gasteiger partial charge in [0.05, 0.1) is 18.3 Å². The molecule has 0 bridgehead atoms. The van der Waals surface area contributed by atoms with Gasteiger partial charge in [-0.3, -0.25) is 4.68 Å². The van der Waals surface area contributed by atoms with E-state index in [1.807, 2.05) is 25.1 Å². The number of aliphatic hydroxyl groups is 2. The van der Waals surface area contributed by atoms with Crippen LogP contribution in [0.3, 0.4) is 0 Å². The number of rotatable bonds is 7. The van der Waals surface area contributed by atoms with Gasteiger partial charge in [-0.25, -0.2) is 9.97 Å². The summed E-state index contributed by atoms with van der Waals surface area (Å²) in [6, 6.07) is 6.83. The first-order valence-corrected chi connectivity index (χ1v) is 9.82. The maximum absolute atomic E-state index is 13.6. The number of benzene rings is 1. The Balaban J connectivity index is 1.85. The van der Waals surface area contributed by atoms with E-state index in [0.29, 0.717) is 5.69 Å². The Labute approximate surface area is 179 Å². The van der Waals surface area contributed by atoms with Crippen molar-refractivity contribution in [3.05, 3.63) is 54.1 Å². The van der Waals surface area contributed by atoms with Crippen LogP contribution in [0.25, 0.3) is 11.1 Å². The van der Waals surface area contributed by atoms with Gasteiger partial charge in [-0.05, 0) is 57.0 Å². The van der Waals surface area contributed by atoms with E-state index in [4.69, 9.17) is 0 Å². The quantitative estimate of drug-likeness (QED) is 0.523. The van der Waals surface area contributed by atoms with Crippen LogP contribution in [0.2, 0.25) is 0 Å². The zero-order valence-electron chi connectivity index (χ0n) is 18.2. The average Bonchev–Trinajstić information content (AvgIpc) is 3.07. The highest BCUT2D eigenvalue weighted by Crippen LogP contribution is 2.29. The van der Waals surface area contributed by atoms with Crippen LogP contribution >= 0.6 is 0 Å². The third-order valence-electron chi connectivity index (χ3n) is 5.19. The van der Waals surface area contributed by atoms with Crippen LogP contribution in [0, 0.1) is 6.92 Å². The van der Waals surface area contributed by atoms with E-state index in [1.165, 1.54) is 12.3 Å². The zero-order valence-corrected chi connectivity index (χ0v) is 18.2. The van der Waals surface area contributed by atoms with Gasteiger partial charge >= 0.3 is 0 Å². The molecule has 0 spiro atoms. The molecule has 0 radical (unpaired) electrons. The highest BCUT2D eigenvalue weighted by Gasteiger charge is 2.38. The molecule has 3 aromatic rings. The van der Waals surface area contributed by atoms with Gasteiger partial charge in [0.15, 0.2) is 0 Å². The van der Waals surface area contributed by atoms with E-state index in [-0.39, 0.29) is 18.2 Å². The van der Waals surface area contributed by atoms with Crippen LogP contribution in [-0.2, 0) is 12.5 Å². The molecule has 0 unspecified atom stereocenters. The van der Waals surface area contributed by atoms with Crippen molar-refractivity contribution in [2.75, 3.05) is 5.32 Å². The summed E-state index contributed by atoms with van der Waals surface area (Å²) in [6.07, 6.45) is 4.72. The van der Waals surface area contributed by atoms with E-state index < -0.39 is 17.1 Å². The highest BCUT2D eigenvalue weighted by atomic mass is 19.3. The summed E-state index contributed by atoms with van der Waals surface area (Å²) >= 11 is 0. The van der Waals surface area contributed by atoms with Gasteiger partial charge in [0.25, 0.3) is 5.92 Å². The third kappa shape index (κ3) is 5.42. The van der Waals surface area contributed by atoms with Gasteiger partial charge < -0.3 is 15.5 Å². The number of anilines is 2. The molecule has 2 heterocycles. The molecule has 31 heavy (non-hydrogen) atoms. The lowest BCUT2D eigenvalue weighted by molar-refractivity contribution is -0.129. The third-order valence-corrected chi connectivity index (χ3v) is 5.19. The number of hydrogen-bond donors (Lipinski definition) is 3. The molecule has 2 aromatic heterocycles. The first kappa shape index (κ1) is 22.8. The number of aryl methyl sites for hydroxylation is 1. The topological polar surface area (TPSA) is 96.1 Å². The Bertz CT molecular complexity index is 1070. The van der Waals surface area contributed by atoms with Crippen LogP contribution in [0.1, 0.15) is 39.0 Å². The first-order valence-electron chi connectivity index (χ1n) is 9.82. The SMILES string of the molecule is Cc1cc(Nc2nccc(C(C)(F)F)n2)cc(-c2cnn(C[C@](C)(O)C(C)(C)O)c2)c1. The van der Waals surface area contributed by atoms with Crippen LogP contribution in [-0.4, -0.2) is 41.2 Å². The molecule has 0 aliphatic heterocycles. The van der Waals surface area contributed by atoms with E-state index >= 15 is 0 Å². The summed E-state index contributed by atoms with van der Waals surface area (Å²) in [5.74, 6) is -2.98. The van der Waals surface area contributed by atoms with Gasteiger partial charge in [-0.2, -0.15) is 13.9 Å². The molecule has 9 heteroatoms. The summed E-state index contributed by atoms with van der Waals surface area (Å²) in [7, 11) is 0. The van der Waals surface area contributed by atoms with Crippen LogP contribution in [0.15, 0.2) is 42.9 Å². The molecule has 0 saturated heterocycles. The van der Waals surface area contributed by atoms with Gasteiger partial charge in [0.1, 0.15) is 11.3 Å². The number of hydrogen-bond acceptors (Lipinski definition) is 6. The van der Waals surface area contributed by atoms with E-state index in [2.05, 4.69) is 20.4 Å². The van der Waals surface area contributed by atoms with E-state index in [1.54, 1.807) is 37.8 Å². The summed E-state index contributed by atoms with van der Waals surface area (Å²) < 4.78 is 28.7. The Kier molecular flexibility index (Phi) is 5.86. The summed E-state index contributed by atoms with van der Waals surface area (Å²) in [5.41, 5.74) is 0.179. The molecule has 3 rings (SSSR count). The first-order chi connectivity index (χ1) is 14.2. The molecule has 7 nitrogen and oxygen atoms in total. The zero-order chi connectivity index (χ0) is 23.0. The smallest absolute Gasteiger partial charge is 0.287 e. The average molecular weight is 431 g/mol. The predicted molar refractivity (Wildman–Crippen MR) is 114 cm³/mol. The number of halogens is 2. The maximum Gasteiger partial charge on any atom is 0.287 e. The molecule has 1 atom stereocenters. The minimum Gasteiger partial charge on any atom is -0.387 e. The lowest BCUT2D eigenvalue weighted by Gasteiger charge is -2.35. The lowest BCUT2D eigenvalue weighted by Crippen LogP contribution is -2.50. The monoisotopic (exact) mass is 431 g/mol. The fourth-order valence-corrected chi connectivity index (χ4v) is 2.92. The van der Waals surface area contributed by atoms with Crippen LogP contribution in [0.4, 0.5) is 20.4 Å². The number of alkyl halides is 2. The number of nitrogens with zero attached hydrogens (tertiary/aromatic N) is 4. The van der Waals surface area contributed by atoms with Gasteiger partial charge in [-0.15, -0.1) is 0 Å². The molecule has 0 aliphatic carbocycles. The molecular formula is C22H27F2N5O2. The van der Waals surface area contributed by atoms with Crippen LogP contribution < -0.4 is 5.32 Å². The Morgan fingerprint density at radius 3 is 2.42 bits per heavy atom. The van der Waals surface area contributed by atoms with Crippen molar-refractivity contribution in [3.63, 3.8) is 0 Å². The Morgan fingerprint density at radius 1 is 1.06 bits per heavy atom. The van der Waals surface area contributed by atoms with E-state index in [0.717, 1.165) is 23.6 Å². The molecule has 0 fully saturated rings. The van der Waals surface area contributed by atoms with Crippen molar-refractivity contribution < 1.29 is 19.0 Å². The molecule has 1 aromatic carbocycles. The number of aromatic nitrogens is 4. The molecule has 0 aliphatic rings. The highest BCUT2D eigenvalue weighted by molar-refractivity contribution is 5.70. The van der Waals surface area contributed by atoms with Crippen molar-refractivity contribution in [2.24, 2.45) is 0 Å². The van der Waals surface area contributed by atoms with Crippen molar-refractivity contribution in [2.45, 2.75) is 58.3 Å². The second-order valence-corrected chi connectivity index (χ2v) is 8.63.